The first-order valence-electron chi connectivity index (χ1n) is 12.1. The number of rotatable bonds is 6. The molecule has 0 bridgehead atoms. The number of hydrogen-bond donors (Lipinski definition) is 3. The molecule has 228 valence electrons. The number of thiazole rings is 1. The van der Waals surface area contributed by atoms with Gasteiger partial charge in [0.25, 0.3) is 10.0 Å². The number of nitrogens with zero attached hydrogens (tertiary/aromatic N) is 2. The van der Waals surface area contributed by atoms with Crippen molar-refractivity contribution in [2.45, 2.75) is 56.8 Å². The Hall–Kier alpha value is -3.73. The minimum Gasteiger partial charge on any atom is -0.475 e. The predicted octanol–water partition coefficient (Wildman–Crippen LogP) is 6.40. The maximum atomic E-state index is 13.0. The van der Waals surface area contributed by atoms with Gasteiger partial charge in [-0.3, -0.25) is 9.52 Å². The van der Waals surface area contributed by atoms with Crippen LogP contribution in [-0.2, 0) is 25.8 Å². The summed E-state index contributed by atoms with van der Waals surface area (Å²) in [5, 5.41) is 10.4. The minimum absolute atomic E-state index is 0.00969. The summed E-state index contributed by atoms with van der Waals surface area (Å²) in [6.45, 7) is 3.40. The molecule has 0 aliphatic heterocycles. The number of aromatic nitrogens is 2. The first-order valence-corrected chi connectivity index (χ1v) is 14.4. The first kappa shape index (κ1) is 32.8. The number of carbonyl (C=O) groups is 2. The van der Waals surface area contributed by atoms with Gasteiger partial charge in [-0.2, -0.15) is 26.3 Å². The fourth-order valence-corrected chi connectivity index (χ4v) is 6.26. The van der Waals surface area contributed by atoms with Crippen molar-refractivity contribution in [3.8, 4) is 10.4 Å². The third kappa shape index (κ3) is 8.40. The maximum Gasteiger partial charge on any atom is 0.490 e. The van der Waals surface area contributed by atoms with Gasteiger partial charge in [-0.05, 0) is 56.0 Å². The van der Waals surface area contributed by atoms with Crippen LogP contribution in [0.1, 0.15) is 42.6 Å². The highest BCUT2D eigenvalue weighted by Gasteiger charge is 2.38. The number of benzene rings is 1. The van der Waals surface area contributed by atoms with E-state index in [1.165, 1.54) is 17.4 Å². The molecule has 1 amide bonds. The van der Waals surface area contributed by atoms with E-state index in [0.717, 1.165) is 37.9 Å². The van der Waals surface area contributed by atoms with Gasteiger partial charge in [-0.15, -0.1) is 0 Å². The average molecular weight is 639 g/mol. The molecule has 0 spiro atoms. The Morgan fingerprint density at radius 3 is 2.17 bits per heavy atom. The molecule has 1 aromatic carbocycles. The van der Waals surface area contributed by atoms with Gasteiger partial charge in [0, 0.05) is 5.92 Å². The first-order chi connectivity index (χ1) is 19.4. The molecule has 1 aliphatic carbocycles. The molecule has 2 heterocycles. The topological polar surface area (TPSA) is 138 Å². The highest BCUT2D eigenvalue weighted by Crippen LogP contribution is 2.36. The summed E-state index contributed by atoms with van der Waals surface area (Å²) < 4.78 is 98.3. The quantitative estimate of drug-likeness (QED) is 0.266. The summed E-state index contributed by atoms with van der Waals surface area (Å²) in [5.74, 6) is -2.82. The molecule has 0 atom stereocenters. The number of alkyl halides is 6. The summed E-state index contributed by atoms with van der Waals surface area (Å²) in [5.41, 5.74) is 0.489. The Balaban J connectivity index is 0.000000616. The number of carbonyl (C=O) groups excluding carboxylic acids is 1. The number of carboxylic acid groups (broad SMARTS) is 1. The number of nitrogens with one attached hydrogen (secondary N) is 2. The molecule has 0 saturated heterocycles. The second kappa shape index (κ2) is 12.6. The van der Waals surface area contributed by atoms with Crippen LogP contribution in [0.15, 0.2) is 41.4 Å². The van der Waals surface area contributed by atoms with Crippen molar-refractivity contribution in [2.75, 3.05) is 10.0 Å². The van der Waals surface area contributed by atoms with Crippen molar-refractivity contribution in [1.29, 1.82) is 0 Å². The average Bonchev–Trinajstić information content (AvgIpc) is 3.54. The Morgan fingerprint density at radius 1 is 1.02 bits per heavy atom. The molecule has 9 nitrogen and oxygen atoms in total. The van der Waals surface area contributed by atoms with Crippen LogP contribution in [0.5, 0.6) is 0 Å². The number of anilines is 2. The van der Waals surface area contributed by atoms with Crippen molar-refractivity contribution in [3.63, 3.8) is 0 Å². The fraction of sp³-hybridized carbons (Fsp3) is 0.360. The number of halogens is 6. The second-order valence-corrected chi connectivity index (χ2v) is 11.9. The normalized spacial score (nSPS) is 14.2. The zero-order chi connectivity index (χ0) is 31.5. The van der Waals surface area contributed by atoms with E-state index in [4.69, 9.17) is 9.90 Å². The summed E-state index contributed by atoms with van der Waals surface area (Å²) in [6.07, 6.45) is -5.07. The standard InChI is InChI=1S/C23H23F3N4O3S2.C2HF3O2/c1-13-7-8-16(20-14(2)28-22(34-20)29-21(31)15-5-3-4-6-15)11-18(13)35(32,33)30-17-9-10-19(27-12-17)23(24,25)26;3-2(4,5)1(6)7/h7-12,15,30H,3-6H2,1-2H3,(H,28,29,31);(H,6,7). The molecule has 0 radical (unpaired) electrons. The van der Waals surface area contributed by atoms with Crippen LogP contribution in [0.3, 0.4) is 0 Å². The molecular weight excluding hydrogens is 614 g/mol. The Bertz CT molecular complexity index is 1550. The second-order valence-electron chi connectivity index (χ2n) is 9.22. The summed E-state index contributed by atoms with van der Waals surface area (Å²) in [6, 6.07) is 6.61. The van der Waals surface area contributed by atoms with Crippen LogP contribution < -0.4 is 10.0 Å². The van der Waals surface area contributed by atoms with E-state index in [2.05, 4.69) is 20.0 Å². The van der Waals surface area contributed by atoms with Gasteiger partial charge in [0.15, 0.2) is 5.13 Å². The number of aryl methyl sites for hydroxylation is 2. The maximum absolute atomic E-state index is 13.0. The van der Waals surface area contributed by atoms with Crippen LogP contribution in [0.2, 0.25) is 0 Å². The summed E-state index contributed by atoms with van der Waals surface area (Å²) in [4.78, 5) is 29.7. The van der Waals surface area contributed by atoms with E-state index in [1.54, 1.807) is 26.0 Å². The number of carboxylic acids is 1. The predicted molar refractivity (Wildman–Crippen MR) is 141 cm³/mol. The lowest BCUT2D eigenvalue weighted by molar-refractivity contribution is -0.192. The molecule has 1 saturated carbocycles. The monoisotopic (exact) mass is 638 g/mol. The van der Waals surface area contributed by atoms with Crippen molar-refractivity contribution in [3.05, 3.63) is 53.5 Å². The van der Waals surface area contributed by atoms with Crippen LogP contribution in [0.4, 0.5) is 37.2 Å². The van der Waals surface area contributed by atoms with Crippen molar-refractivity contribution in [1.82, 2.24) is 9.97 Å². The van der Waals surface area contributed by atoms with Crippen LogP contribution in [0, 0.1) is 19.8 Å². The van der Waals surface area contributed by atoms with Gasteiger partial charge in [0.1, 0.15) is 5.69 Å². The lowest BCUT2D eigenvalue weighted by Crippen LogP contribution is -2.21. The highest BCUT2D eigenvalue weighted by molar-refractivity contribution is 7.92. The van der Waals surface area contributed by atoms with E-state index in [1.807, 2.05) is 0 Å². The van der Waals surface area contributed by atoms with Crippen LogP contribution in [-0.4, -0.2) is 41.5 Å². The lowest BCUT2D eigenvalue weighted by Gasteiger charge is -2.12. The highest BCUT2D eigenvalue weighted by atomic mass is 32.2. The third-order valence-corrected chi connectivity index (χ3v) is 8.69. The van der Waals surface area contributed by atoms with Crippen molar-refractivity contribution < 1.29 is 49.5 Å². The van der Waals surface area contributed by atoms with E-state index in [-0.39, 0.29) is 22.4 Å². The van der Waals surface area contributed by atoms with E-state index < -0.39 is 34.0 Å². The Labute approximate surface area is 240 Å². The number of aliphatic carboxylic acids is 1. The molecule has 4 rings (SSSR count). The SMILES string of the molecule is Cc1ccc(-c2sc(NC(=O)C3CCCC3)nc2C)cc1S(=O)(=O)Nc1ccc(C(F)(F)F)nc1.O=C(O)C(F)(F)F. The smallest absolute Gasteiger partial charge is 0.475 e. The number of sulfonamides is 1. The van der Waals surface area contributed by atoms with Crippen LogP contribution >= 0.6 is 11.3 Å². The van der Waals surface area contributed by atoms with Crippen molar-refractivity contribution >= 4 is 44.1 Å². The third-order valence-electron chi connectivity index (χ3n) is 6.04. The number of hydrogen-bond acceptors (Lipinski definition) is 7. The number of amides is 1. The molecule has 3 N–H and O–H groups in total. The van der Waals surface area contributed by atoms with Gasteiger partial charge in [0.05, 0.1) is 27.4 Å². The van der Waals surface area contributed by atoms with E-state index >= 15 is 0 Å². The lowest BCUT2D eigenvalue weighted by atomic mass is 10.1. The van der Waals surface area contributed by atoms with Crippen LogP contribution in [0.25, 0.3) is 10.4 Å². The number of pyridine rings is 1. The van der Waals surface area contributed by atoms with Gasteiger partial charge >= 0.3 is 18.3 Å². The zero-order valence-corrected chi connectivity index (χ0v) is 23.6. The van der Waals surface area contributed by atoms with E-state index in [9.17, 15) is 39.6 Å². The fourth-order valence-electron chi connectivity index (χ4n) is 3.98. The zero-order valence-electron chi connectivity index (χ0n) is 21.9. The molecule has 3 aromatic rings. The van der Waals surface area contributed by atoms with E-state index in [0.29, 0.717) is 32.9 Å². The molecule has 42 heavy (non-hydrogen) atoms. The summed E-state index contributed by atoms with van der Waals surface area (Å²) in [7, 11) is -4.12. The molecular formula is C25H24F6N4O5S2. The molecule has 0 unspecified atom stereocenters. The van der Waals surface area contributed by atoms with Gasteiger partial charge in [0.2, 0.25) is 5.91 Å². The van der Waals surface area contributed by atoms with Gasteiger partial charge in [-0.25, -0.2) is 23.2 Å². The van der Waals surface area contributed by atoms with Gasteiger partial charge < -0.3 is 10.4 Å². The molecule has 2 aromatic heterocycles. The molecule has 17 heteroatoms. The molecule has 1 aliphatic rings. The summed E-state index contributed by atoms with van der Waals surface area (Å²) >= 11 is 1.26. The Morgan fingerprint density at radius 2 is 1.64 bits per heavy atom. The minimum atomic E-state index is -5.08. The largest absolute Gasteiger partial charge is 0.490 e. The van der Waals surface area contributed by atoms with Gasteiger partial charge in [-0.1, -0.05) is 36.3 Å². The Kier molecular flexibility index (Phi) is 9.87. The molecule has 1 fully saturated rings. The van der Waals surface area contributed by atoms with Crippen molar-refractivity contribution in [2.24, 2.45) is 5.92 Å².